The standard InChI is InChI=1S/C16H22BrN3O4/c1-23-11-10-19-5-4-12(15(19)21)18-6-8-20(9-7-18)16(22)13-2-3-14(17)24-13/h2-3,12H,4-11H2,1H3. The average Bonchev–Trinajstić information content (AvgIpc) is 3.19. The molecule has 2 amide bonds. The number of likely N-dealkylation sites (tertiary alicyclic amines) is 1. The molecule has 24 heavy (non-hydrogen) atoms. The third-order valence-electron chi connectivity index (χ3n) is 4.66. The van der Waals surface area contributed by atoms with Crippen LogP contribution in [0.4, 0.5) is 0 Å². The predicted molar refractivity (Wildman–Crippen MR) is 90.7 cm³/mol. The Balaban J connectivity index is 1.52. The minimum absolute atomic E-state index is 0.0585. The molecule has 0 radical (unpaired) electrons. The molecule has 3 heterocycles. The Bertz CT molecular complexity index is 598. The number of ether oxygens (including phenoxy) is 1. The summed E-state index contributed by atoms with van der Waals surface area (Å²) in [4.78, 5) is 30.7. The summed E-state index contributed by atoms with van der Waals surface area (Å²) in [5.41, 5.74) is 0. The van der Waals surface area contributed by atoms with E-state index in [1.807, 2.05) is 4.90 Å². The second-order valence-corrected chi connectivity index (χ2v) is 6.84. The average molecular weight is 400 g/mol. The first-order valence-corrected chi connectivity index (χ1v) is 8.96. The van der Waals surface area contributed by atoms with Crippen LogP contribution in [-0.2, 0) is 9.53 Å². The van der Waals surface area contributed by atoms with Crippen molar-refractivity contribution in [2.24, 2.45) is 0 Å². The SMILES string of the molecule is COCCN1CCC(N2CCN(C(=O)c3ccc(Br)o3)CC2)C1=O. The number of rotatable bonds is 5. The lowest BCUT2D eigenvalue weighted by atomic mass is 10.1. The molecule has 0 bridgehead atoms. The lowest BCUT2D eigenvalue weighted by Gasteiger charge is -2.36. The van der Waals surface area contributed by atoms with Crippen molar-refractivity contribution < 1.29 is 18.7 Å². The number of carbonyl (C=O) groups is 2. The second kappa shape index (κ2) is 7.67. The molecule has 2 fully saturated rings. The van der Waals surface area contributed by atoms with Crippen molar-refractivity contribution in [1.29, 1.82) is 0 Å². The zero-order valence-corrected chi connectivity index (χ0v) is 15.3. The van der Waals surface area contributed by atoms with Gasteiger partial charge in [0.25, 0.3) is 5.91 Å². The van der Waals surface area contributed by atoms with Crippen molar-refractivity contribution in [2.75, 3.05) is 53.0 Å². The summed E-state index contributed by atoms with van der Waals surface area (Å²) in [6.07, 6.45) is 0.849. The molecule has 1 aromatic heterocycles. The second-order valence-electron chi connectivity index (χ2n) is 6.05. The highest BCUT2D eigenvalue weighted by atomic mass is 79.9. The van der Waals surface area contributed by atoms with Crippen molar-refractivity contribution in [3.8, 4) is 0 Å². The first-order valence-electron chi connectivity index (χ1n) is 8.16. The van der Waals surface area contributed by atoms with Gasteiger partial charge in [0.05, 0.1) is 12.6 Å². The number of carbonyl (C=O) groups excluding carboxylic acids is 2. The summed E-state index contributed by atoms with van der Waals surface area (Å²) in [5, 5.41) is 0. The van der Waals surface area contributed by atoms with Gasteiger partial charge >= 0.3 is 0 Å². The van der Waals surface area contributed by atoms with Crippen molar-refractivity contribution in [1.82, 2.24) is 14.7 Å². The van der Waals surface area contributed by atoms with Crippen LogP contribution in [0.15, 0.2) is 21.2 Å². The summed E-state index contributed by atoms with van der Waals surface area (Å²) in [6.45, 7) is 4.64. The number of nitrogens with zero attached hydrogens (tertiary/aromatic N) is 3. The largest absolute Gasteiger partial charge is 0.444 e. The third kappa shape index (κ3) is 3.65. The predicted octanol–water partition coefficient (Wildman–Crippen LogP) is 1.05. The zero-order valence-electron chi connectivity index (χ0n) is 13.7. The number of hydrogen-bond acceptors (Lipinski definition) is 5. The van der Waals surface area contributed by atoms with E-state index in [1.165, 1.54) is 0 Å². The molecule has 0 aromatic carbocycles. The van der Waals surface area contributed by atoms with E-state index in [-0.39, 0.29) is 17.9 Å². The Labute approximate surface area is 149 Å². The maximum Gasteiger partial charge on any atom is 0.289 e. The van der Waals surface area contributed by atoms with Crippen molar-refractivity contribution in [3.63, 3.8) is 0 Å². The van der Waals surface area contributed by atoms with Crippen LogP contribution in [0.25, 0.3) is 0 Å². The van der Waals surface area contributed by atoms with Gasteiger partial charge in [-0.15, -0.1) is 0 Å². The molecular formula is C16H22BrN3O4. The van der Waals surface area contributed by atoms with Gasteiger partial charge in [0.1, 0.15) is 0 Å². The monoisotopic (exact) mass is 399 g/mol. The quantitative estimate of drug-likeness (QED) is 0.739. The van der Waals surface area contributed by atoms with Crippen LogP contribution in [0.5, 0.6) is 0 Å². The maximum atomic E-state index is 12.5. The van der Waals surface area contributed by atoms with Crippen LogP contribution in [0.3, 0.4) is 0 Å². The van der Waals surface area contributed by atoms with Gasteiger partial charge in [-0.3, -0.25) is 14.5 Å². The van der Waals surface area contributed by atoms with Crippen LogP contribution in [-0.4, -0.2) is 85.5 Å². The van der Waals surface area contributed by atoms with Gasteiger partial charge in [-0.2, -0.15) is 0 Å². The van der Waals surface area contributed by atoms with Gasteiger partial charge in [0, 0.05) is 46.4 Å². The summed E-state index contributed by atoms with van der Waals surface area (Å²) in [7, 11) is 1.64. The van der Waals surface area contributed by atoms with Gasteiger partial charge in [-0.25, -0.2) is 0 Å². The molecule has 1 aromatic rings. The van der Waals surface area contributed by atoms with E-state index in [1.54, 1.807) is 24.1 Å². The van der Waals surface area contributed by atoms with Crippen molar-refractivity contribution in [2.45, 2.75) is 12.5 Å². The van der Waals surface area contributed by atoms with Gasteiger partial charge in [-0.05, 0) is 34.5 Å². The van der Waals surface area contributed by atoms with Crippen LogP contribution >= 0.6 is 15.9 Å². The Morgan fingerprint density at radius 3 is 2.67 bits per heavy atom. The molecule has 8 heteroatoms. The highest BCUT2D eigenvalue weighted by Gasteiger charge is 2.37. The van der Waals surface area contributed by atoms with E-state index >= 15 is 0 Å². The molecule has 0 spiro atoms. The highest BCUT2D eigenvalue weighted by Crippen LogP contribution is 2.21. The molecule has 2 aliphatic heterocycles. The molecule has 1 unspecified atom stereocenters. The highest BCUT2D eigenvalue weighted by molar-refractivity contribution is 9.10. The van der Waals surface area contributed by atoms with Crippen LogP contribution in [0.2, 0.25) is 0 Å². The molecule has 2 aliphatic rings. The smallest absolute Gasteiger partial charge is 0.289 e. The van der Waals surface area contributed by atoms with Crippen LogP contribution in [0, 0.1) is 0 Å². The van der Waals surface area contributed by atoms with E-state index in [0.29, 0.717) is 49.8 Å². The Hall–Kier alpha value is -1.38. The number of amides is 2. The molecule has 132 valence electrons. The Morgan fingerprint density at radius 1 is 1.29 bits per heavy atom. The van der Waals surface area contributed by atoms with E-state index in [9.17, 15) is 9.59 Å². The molecule has 7 nitrogen and oxygen atoms in total. The molecule has 1 atom stereocenters. The summed E-state index contributed by atoms with van der Waals surface area (Å²) < 4.78 is 10.9. The minimum atomic E-state index is -0.0974. The zero-order chi connectivity index (χ0) is 17.1. The number of hydrogen-bond donors (Lipinski definition) is 0. The number of furan rings is 1. The van der Waals surface area contributed by atoms with Crippen LogP contribution < -0.4 is 0 Å². The van der Waals surface area contributed by atoms with E-state index < -0.39 is 0 Å². The molecule has 0 aliphatic carbocycles. The van der Waals surface area contributed by atoms with E-state index in [2.05, 4.69) is 20.8 Å². The molecular weight excluding hydrogens is 378 g/mol. The topological polar surface area (TPSA) is 66.2 Å². The number of halogens is 1. The van der Waals surface area contributed by atoms with Crippen molar-refractivity contribution in [3.05, 3.63) is 22.6 Å². The van der Waals surface area contributed by atoms with Crippen LogP contribution in [0.1, 0.15) is 17.0 Å². The Morgan fingerprint density at radius 2 is 2.04 bits per heavy atom. The molecule has 0 N–H and O–H groups in total. The maximum absolute atomic E-state index is 12.5. The fraction of sp³-hybridized carbons (Fsp3) is 0.625. The third-order valence-corrected chi connectivity index (χ3v) is 5.09. The van der Waals surface area contributed by atoms with Gasteiger partial charge < -0.3 is 19.0 Å². The fourth-order valence-electron chi connectivity index (χ4n) is 3.31. The minimum Gasteiger partial charge on any atom is -0.444 e. The molecule has 0 saturated carbocycles. The van der Waals surface area contributed by atoms with E-state index in [0.717, 1.165) is 13.0 Å². The molecule has 2 saturated heterocycles. The normalized spacial score (nSPS) is 22.4. The summed E-state index contributed by atoms with van der Waals surface area (Å²) in [5.74, 6) is 0.430. The lowest BCUT2D eigenvalue weighted by Crippen LogP contribution is -2.53. The summed E-state index contributed by atoms with van der Waals surface area (Å²) >= 11 is 3.21. The van der Waals surface area contributed by atoms with Crippen molar-refractivity contribution >= 4 is 27.7 Å². The Kier molecular flexibility index (Phi) is 5.57. The fourth-order valence-corrected chi connectivity index (χ4v) is 3.61. The van der Waals surface area contributed by atoms with Gasteiger partial charge in [0.15, 0.2) is 10.4 Å². The number of piperazine rings is 1. The molecule has 3 rings (SSSR count). The number of methoxy groups -OCH3 is 1. The first-order chi connectivity index (χ1) is 11.6. The van der Waals surface area contributed by atoms with Gasteiger partial charge in [0.2, 0.25) is 5.91 Å². The first kappa shape index (κ1) is 17.4. The van der Waals surface area contributed by atoms with Gasteiger partial charge in [-0.1, -0.05) is 0 Å². The van der Waals surface area contributed by atoms with E-state index in [4.69, 9.17) is 9.15 Å². The lowest BCUT2D eigenvalue weighted by molar-refractivity contribution is -0.133. The summed E-state index contributed by atoms with van der Waals surface area (Å²) in [6, 6.07) is 3.33.